The molecule has 0 bridgehead atoms. The van der Waals surface area contributed by atoms with Crippen molar-refractivity contribution in [1.82, 2.24) is 25.1 Å². The molecule has 0 unspecified atom stereocenters. The molecule has 1 amide bonds. The van der Waals surface area contributed by atoms with Crippen LogP contribution in [0.25, 0.3) is 11.4 Å². The van der Waals surface area contributed by atoms with Crippen LogP contribution in [0.2, 0.25) is 0 Å². The summed E-state index contributed by atoms with van der Waals surface area (Å²) in [6.45, 7) is 2.90. The molecule has 0 radical (unpaired) electrons. The van der Waals surface area contributed by atoms with E-state index in [0.717, 1.165) is 29.4 Å². The molecule has 3 rings (SSSR count). The molecule has 128 valence electrons. The number of aromatic nitrogens is 4. The summed E-state index contributed by atoms with van der Waals surface area (Å²) in [5, 5.41) is 12.1. The van der Waals surface area contributed by atoms with Crippen LogP contribution >= 0.6 is 11.8 Å². The van der Waals surface area contributed by atoms with Crippen molar-refractivity contribution in [3.05, 3.63) is 24.5 Å². The van der Waals surface area contributed by atoms with Gasteiger partial charge in [-0.15, -0.1) is 10.2 Å². The molecule has 0 spiro atoms. The zero-order chi connectivity index (χ0) is 16.9. The second-order valence-corrected chi connectivity index (χ2v) is 7.00. The lowest BCUT2D eigenvalue weighted by molar-refractivity contribution is -0.120. The Labute approximate surface area is 145 Å². The molecule has 2 aromatic rings. The molecule has 2 heterocycles. The predicted octanol–water partition coefficient (Wildman–Crippen LogP) is 1.92. The lowest BCUT2D eigenvalue weighted by atomic mass is 10.2. The number of hydrogen-bond donors (Lipinski definition) is 1. The number of hydrogen-bond acceptors (Lipinski definition) is 6. The monoisotopic (exact) mass is 347 g/mol. The summed E-state index contributed by atoms with van der Waals surface area (Å²) in [6, 6.07) is 4.28. The minimum atomic E-state index is -0.242. The molecule has 0 aliphatic heterocycles. The number of methoxy groups -OCH3 is 1. The van der Waals surface area contributed by atoms with E-state index in [-0.39, 0.29) is 11.2 Å². The van der Waals surface area contributed by atoms with Gasteiger partial charge < -0.3 is 10.1 Å². The first kappa shape index (κ1) is 16.9. The van der Waals surface area contributed by atoms with Crippen LogP contribution in [0.3, 0.4) is 0 Å². The normalized spacial score (nSPS) is 15.2. The van der Waals surface area contributed by atoms with Gasteiger partial charge in [0.2, 0.25) is 5.91 Å². The zero-order valence-electron chi connectivity index (χ0n) is 13.8. The lowest BCUT2D eigenvalue weighted by Crippen LogP contribution is -2.33. The molecular weight excluding hydrogens is 326 g/mol. The molecular formula is C16H21N5O2S. The standard InChI is InChI=1S/C16H21N5O2S/c1-11(15(22)18-9-10-23-2)24-16-20-19-14(21(16)13-3-4-13)12-5-7-17-8-6-12/h5-8,11,13H,3-4,9-10H2,1-2H3,(H,18,22)/t11-/m1/s1. The van der Waals surface area contributed by atoms with E-state index in [1.807, 2.05) is 19.1 Å². The smallest absolute Gasteiger partial charge is 0.233 e. The number of carbonyl (C=O) groups is 1. The van der Waals surface area contributed by atoms with Gasteiger partial charge in [-0.25, -0.2) is 0 Å². The van der Waals surface area contributed by atoms with Crippen molar-refractivity contribution >= 4 is 17.7 Å². The molecule has 1 aliphatic carbocycles. The predicted molar refractivity (Wildman–Crippen MR) is 91.7 cm³/mol. The Morgan fingerprint density at radius 1 is 1.42 bits per heavy atom. The Morgan fingerprint density at radius 2 is 2.17 bits per heavy atom. The maximum atomic E-state index is 12.1. The van der Waals surface area contributed by atoms with Gasteiger partial charge in [-0.05, 0) is 31.9 Å². The minimum Gasteiger partial charge on any atom is -0.383 e. The zero-order valence-corrected chi connectivity index (χ0v) is 14.6. The van der Waals surface area contributed by atoms with Crippen LogP contribution in [0.15, 0.2) is 29.7 Å². The van der Waals surface area contributed by atoms with Crippen LogP contribution < -0.4 is 5.32 Å². The average Bonchev–Trinajstić information content (AvgIpc) is 3.36. The third-order valence-electron chi connectivity index (χ3n) is 3.77. The quantitative estimate of drug-likeness (QED) is 0.580. The summed E-state index contributed by atoms with van der Waals surface area (Å²) >= 11 is 1.44. The number of thioether (sulfide) groups is 1. The first-order valence-corrected chi connectivity index (χ1v) is 8.87. The number of amides is 1. The number of carbonyl (C=O) groups excluding carboxylic acids is 1. The highest BCUT2D eigenvalue weighted by Crippen LogP contribution is 2.41. The summed E-state index contributed by atoms with van der Waals surface area (Å²) in [6.07, 6.45) is 5.75. The van der Waals surface area contributed by atoms with Gasteiger partial charge in [0.15, 0.2) is 11.0 Å². The van der Waals surface area contributed by atoms with Gasteiger partial charge in [0.1, 0.15) is 0 Å². The Kier molecular flexibility index (Phi) is 5.47. The third-order valence-corrected chi connectivity index (χ3v) is 4.83. The average molecular weight is 347 g/mol. The molecule has 8 heteroatoms. The summed E-state index contributed by atoms with van der Waals surface area (Å²) in [4.78, 5) is 16.2. The fraction of sp³-hybridized carbons (Fsp3) is 0.500. The van der Waals surface area contributed by atoms with E-state index < -0.39 is 0 Å². The van der Waals surface area contributed by atoms with Gasteiger partial charge in [0.05, 0.1) is 11.9 Å². The first-order valence-electron chi connectivity index (χ1n) is 7.99. The van der Waals surface area contributed by atoms with E-state index >= 15 is 0 Å². The Morgan fingerprint density at radius 3 is 2.83 bits per heavy atom. The van der Waals surface area contributed by atoms with E-state index in [4.69, 9.17) is 4.74 Å². The van der Waals surface area contributed by atoms with Gasteiger partial charge >= 0.3 is 0 Å². The van der Waals surface area contributed by atoms with Crippen LogP contribution in [0.4, 0.5) is 0 Å². The molecule has 0 aromatic carbocycles. The summed E-state index contributed by atoms with van der Waals surface area (Å²) in [5.74, 6) is 0.822. The largest absolute Gasteiger partial charge is 0.383 e. The van der Waals surface area contributed by atoms with Crippen LogP contribution in [0.5, 0.6) is 0 Å². The molecule has 7 nitrogen and oxygen atoms in total. The van der Waals surface area contributed by atoms with Crippen molar-refractivity contribution in [2.45, 2.75) is 36.2 Å². The maximum absolute atomic E-state index is 12.1. The van der Waals surface area contributed by atoms with Crippen molar-refractivity contribution in [1.29, 1.82) is 0 Å². The highest BCUT2D eigenvalue weighted by atomic mass is 32.2. The Hall–Kier alpha value is -1.93. The van der Waals surface area contributed by atoms with E-state index in [1.54, 1.807) is 19.5 Å². The van der Waals surface area contributed by atoms with Crippen molar-refractivity contribution < 1.29 is 9.53 Å². The van der Waals surface area contributed by atoms with Gasteiger partial charge in [0.25, 0.3) is 0 Å². The van der Waals surface area contributed by atoms with Crippen molar-refractivity contribution in [3.63, 3.8) is 0 Å². The molecule has 1 aliphatic rings. The molecule has 1 fully saturated rings. The Bertz CT molecular complexity index is 687. The van der Waals surface area contributed by atoms with Crippen molar-refractivity contribution in [3.8, 4) is 11.4 Å². The van der Waals surface area contributed by atoms with Crippen LogP contribution in [-0.2, 0) is 9.53 Å². The number of pyridine rings is 1. The molecule has 0 saturated heterocycles. The molecule has 2 aromatic heterocycles. The van der Waals surface area contributed by atoms with Crippen LogP contribution in [0.1, 0.15) is 25.8 Å². The maximum Gasteiger partial charge on any atom is 0.233 e. The highest BCUT2D eigenvalue weighted by molar-refractivity contribution is 8.00. The summed E-state index contributed by atoms with van der Waals surface area (Å²) in [5.41, 5.74) is 0.994. The Balaban J connectivity index is 1.74. The van der Waals surface area contributed by atoms with Gasteiger partial charge in [-0.1, -0.05) is 11.8 Å². The number of ether oxygens (including phenoxy) is 1. The second-order valence-electron chi connectivity index (χ2n) is 5.69. The van der Waals surface area contributed by atoms with Gasteiger partial charge in [0, 0.05) is 37.7 Å². The molecule has 24 heavy (non-hydrogen) atoms. The number of nitrogens with one attached hydrogen (secondary N) is 1. The van der Waals surface area contributed by atoms with E-state index in [9.17, 15) is 4.79 Å². The van der Waals surface area contributed by atoms with E-state index in [2.05, 4.69) is 25.1 Å². The number of rotatable bonds is 8. The van der Waals surface area contributed by atoms with E-state index in [1.165, 1.54) is 11.8 Å². The molecule has 1 atom stereocenters. The summed E-state index contributed by atoms with van der Waals surface area (Å²) < 4.78 is 7.10. The SMILES string of the molecule is COCCNC(=O)[C@@H](C)Sc1nnc(-c2ccncc2)n1C1CC1. The molecule has 1 saturated carbocycles. The fourth-order valence-corrected chi connectivity index (χ4v) is 3.29. The van der Waals surface area contributed by atoms with Crippen molar-refractivity contribution in [2.75, 3.05) is 20.3 Å². The highest BCUT2D eigenvalue weighted by Gasteiger charge is 2.31. The molecule has 1 N–H and O–H groups in total. The topological polar surface area (TPSA) is 81.9 Å². The van der Waals surface area contributed by atoms with Crippen LogP contribution in [-0.4, -0.2) is 51.2 Å². The second kappa shape index (κ2) is 7.76. The lowest BCUT2D eigenvalue weighted by Gasteiger charge is -2.13. The van der Waals surface area contributed by atoms with Gasteiger partial charge in [-0.2, -0.15) is 0 Å². The third kappa shape index (κ3) is 3.93. The minimum absolute atomic E-state index is 0.0205. The van der Waals surface area contributed by atoms with Crippen molar-refractivity contribution in [2.24, 2.45) is 0 Å². The number of nitrogens with zero attached hydrogens (tertiary/aromatic N) is 4. The fourth-order valence-electron chi connectivity index (χ4n) is 2.35. The van der Waals surface area contributed by atoms with E-state index in [0.29, 0.717) is 19.2 Å². The summed E-state index contributed by atoms with van der Waals surface area (Å²) in [7, 11) is 1.61. The van der Waals surface area contributed by atoms with Gasteiger partial charge in [-0.3, -0.25) is 14.3 Å². The first-order chi connectivity index (χ1) is 11.7. The van der Waals surface area contributed by atoms with Crippen LogP contribution in [0, 0.1) is 0 Å².